The van der Waals surface area contributed by atoms with Crippen molar-refractivity contribution in [3.05, 3.63) is 66.5 Å². The number of rotatable bonds is 3. The van der Waals surface area contributed by atoms with E-state index in [0.29, 0.717) is 11.4 Å². The number of amides is 1. The van der Waals surface area contributed by atoms with Gasteiger partial charge < -0.3 is 9.84 Å². The van der Waals surface area contributed by atoms with Gasteiger partial charge in [-0.15, -0.1) is 0 Å². The summed E-state index contributed by atoms with van der Waals surface area (Å²) in [4.78, 5) is 29.5. The van der Waals surface area contributed by atoms with Crippen LogP contribution in [0.15, 0.2) is 60.9 Å². The number of pyridine rings is 1. The maximum atomic E-state index is 12.9. The molecule has 0 fully saturated rings. The predicted molar refractivity (Wildman–Crippen MR) is 104 cm³/mol. The Bertz CT molecular complexity index is 1010. The number of fused-ring (bicyclic) bond motifs is 1. The number of ether oxygens (including phenoxy) is 1. The Labute approximate surface area is 157 Å². The topological polar surface area (TPSA) is 79.7 Å². The fourth-order valence-electron chi connectivity index (χ4n) is 2.65. The molecule has 0 saturated heterocycles. The van der Waals surface area contributed by atoms with Crippen molar-refractivity contribution < 1.29 is 19.4 Å². The van der Waals surface area contributed by atoms with Gasteiger partial charge in [-0.3, -0.25) is 4.98 Å². The molecule has 0 aliphatic carbocycles. The molecule has 0 aliphatic heterocycles. The zero-order valence-electron chi connectivity index (χ0n) is 15.3. The van der Waals surface area contributed by atoms with Crippen LogP contribution in [0.2, 0.25) is 0 Å². The van der Waals surface area contributed by atoms with Crippen LogP contribution in [-0.2, 0) is 4.74 Å². The third-order valence-electron chi connectivity index (χ3n) is 3.80. The maximum absolute atomic E-state index is 12.9. The molecule has 0 aliphatic rings. The van der Waals surface area contributed by atoms with Crippen LogP contribution in [0.5, 0.6) is 0 Å². The number of nitrogens with zero attached hydrogens (tertiary/aromatic N) is 2. The summed E-state index contributed by atoms with van der Waals surface area (Å²) in [6.07, 6.45) is 2.06. The molecule has 1 amide bonds. The minimum absolute atomic E-state index is 0.0122. The number of anilines is 2. The molecule has 1 aromatic heterocycles. The first-order chi connectivity index (χ1) is 12.7. The second-order valence-electron chi connectivity index (χ2n) is 7.08. The van der Waals surface area contributed by atoms with Gasteiger partial charge in [-0.1, -0.05) is 30.3 Å². The van der Waals surface area contributed by atoms with Gasteiger partial charge in [-0.2, -0.15) is 0 Å². The molecule has 0 unspecified atom stereocenters. The highest BCUT2D eigenvalue weighted by Gasteiger charge is 2.26. The van der Waals surface area contributed by atoms with E-state index in [1.54, 1.807) is 26.8 Å². The van der Waals surface area contributed by atoms with Gasteiger partial charge >= 0.3 is 12.1 Å². The minimum atomic E-state index is -1.12. The monoisotopic (exact) mass is 364 g/mol. The van der Waals surface area contributed by atoms with Crippen LogP contribution in [0.4, 0.5) is 16.2 Å². The lowest BCUT2D eigenvalue weighted by Gasteiger charge is -2.27. The largest absolute Gasteiger partial charge is 0.478 e. The number of aromatic nitrogens is 1. The Hall–Kier alpha value is -3.41. The lowest BCUT2D eigenvalue weighted by molar-refractivity contribution is 0.0597. The van der Waals surface area contributed by atoms with Gasteiger partial charge in [0.2, 0.25) is 0 Å². The number of hydrogen-bond donors (Lipinski definition) is 1. The average Bonchev–Trinajstić information content (AvgIpc) is 2.60. The van der Waals surface area contributed by atoms with Crippen LogP contribution in [0.3, 0.4) is 0 Å². The highest BCUT2D eigenvalue weighted by molar-refractivity contribution is 6.00. The summed E-state index contributed by atoms with van der Waals surface area (Å²) in [6, 6.07) is 14.7. The van der Waals surface area contributed by atoms with Crippen molar-refractivity contribution in [1.82, 2.24) is 4.98 Å². The third kappa shape index (κ3) is 4.23. The van der Waals surface area contributed by atoms with Crippen LogP contribution in [0, 0.1) is 0 Å². The van der Waals surface area contributed by atoms with Gasteiger partial charge in [0.05, 0.1) is 23.1 Å². The standard InChI is InChI=1S/C21H20N2O4/c1-21(2,3)27-20(26)23(18-11-16(19(24)25)12-22-13-18)17-9-8-14-6-4-5-7-15(14)10-17/h4-13H,1-3H3,(H,24,25). The summed E-state index contributed by atoms with van der Waals surface area (Å²) < 4.78 is 5.53. The van der Waals surface area contributed by atoms with Crippen LogP contribution < -0.4 is 4.90 Å². The Morgan fingerprint density at radius 3 is 2.33 bits per heavy atom. The second kappa shape index (κ2) is 7.07. The normalized spacial score (nSPS) is 11.2. The Morgan fingerprint density at radius 2 is 1.67 bits per heavy atom. The molecule has 0 spiro atoms. The van der Waals surface area contributed by atoms with Gasteiger partial charge in [0.1, 0.15) is 5.60 Å². The first kappa shape index (κ1) is 18.4. The zero-order valence-corrected chi connectivity index (χ0v) is 15.3. The molecule has 2 aromatic carbocycles. The van der Waals surface area contributed by atoms with Crippen molar-refractivity contribution in [2.75, 3.05) is 4.90 Å². The fourth-order valence-corrected chi connectivity index (χ4v) is 2.65. The van der Waals surface area contributed by atoms with E-state index >= 15 is 0 Å². The number of aromatic carboxylic acids is 1. The van der Waals surface area contributed by atoms with E-state index in [-0.39, 0.29) is 5.56 Å². The lowest BCUT2D eigenvalue weighted by Crippen LogP contribution is -2.34. The lowest BCUT2D eigenvalue weighted by atomic mass is 10.1. The Kier molecular flexibility index (Phi) is 4.81. The molecule has 6 nitrogen and oxygen atoms in total. The maximum Gasteiger partial charge on any atom is 0.419 e. The number of carboxylic acid groups (broad SMARTS) is 1. The molecule has 1 N–H and O–H groups in total. The Balaban J connectivity index is 2.12. The molecule has 0 atom stereocenters. The van der Waals surface area contributed by atoms with Crippen LogP contribution in [0.1, 0.15) is 31.1 Å². The quantitative estimate of drug-likeness (QED) is 0.707. The third-order valence-corrected chi connectivity index (χ3v) is 3.80. The Morgan fingerprint density at radius 1 is 0.963 bits per heavy atom. The predicted octanol–water partition coefficient (Wildman–Crippen LogP) is 5.01. The second-order valence-corrected chi connectivity index (χ2v) is 7.08. The molecule has 0 radical (unpaired) electrons. The van der Waals surface area contributed by atoms with Crippen molar-refractivity contribution in [1.29, 1.82) is 0 Å². The SMILES string of the molecule is CC(C)(C)OC(=O)N(c1cncc(C(=O)O)c1)c1ccc2ccccc2c1. The molecule has 138 valence electrons. The van der Waals surface area contributed by atoms with Gasteiger partial charge in [0.15, 0.2) is 0 Å². The first-order valence-corrected chi connectivity index (χ1v) is 8.45. The van der Waals surface area contributed by atoms with Crippen molar-refractivity contribution in [3.63, 3.8) is 0 Å². The summed E-state index contributed by atoms with van der Waals surface area (Å²) in [5.74, 6) is -1.12. The van der Waals surface area contributed by atoms with E-state index < -0.39 is 17.7 Å². The highest BCUT2D eigenvalue weighted by Crippen LogP contribution is 2.30. The molecule has 27 heavy (non-hydrogen) atoms. The van der Waals surface area contributed by atoms with Crippen LogP contribution >= 0.6 is 0 Å². The van der Waals surface area contributed by atoms with Crippen molar-refractivity contribution in [2.45, 2.75) is 26.4 Å². The number of carboxylic acids is 1. The first-order valence-electron chi connectivity index (χ1n) is 8.45. The van der Waals surface area contributed by atoms with Crippen molar-refractivity contribution in [2.24, 2.45) is 0 Å². The van der Waals surface area contributed by atoms with Gasteiger partial charge in [0.25, 0.3) is 0 Å². The zero-order chi connectivity index (χ0) is 19.6. The summed E-state index contributed by atoms with van der Waals surface area (Å²) in [5, 5.41) is 11.2. The molecule has 0 bridgehead atoms. The smallest absolute Gasteiger partial charge is 0.419 e. The van der Waals surface area contributed by atoms with E-state index in [4.69, 9.17) is 4.74 Å². The molecular formula is C21H20N2O4. The summed E-state index contributed by atoms with van der Waals surface area (Å²) in [7, 11) is 0. The fraction of sp³-hybridized carbons (Fsp3) is 0.190. The molecule has 3 rings (SSSR count). The van der Waals surface area contributed by atoms with Gasteiger partial charge in [0, 0.05) is 6.20 Å². The van der Waals surface area contributed by atoms with Crippen molar-refractivity contribution >= 4 is 34.2 Å². The van der Waals surface area contributed by atoms with Crippen LogP contribution in [0.25, 0.3) is 10.8 Å². The molecule has 6 heteroatoms. The minimum Gasteiger partial charge on any atom is -0.478 e. The number of carbonyl (C=O) groups excluding carboxylic acids is 1. The highest BCUT2D eigenvalue weighted by atomic mass is 16.6. The van der Waals surface area contributed by atoms with E-state index in [0.717, 1.165) is 10.8 Å². The van der Waals surface area contributed by atoms with E-state index in [1.807, 2.05) is 36.4 Å². The molecule has 3 aromatic rings. The van der Waals surface area contributed by atoms with Crippen LogP contribution in [-0.4, -0.2) is 27.8 Å². The number of carbonyl (C=O) groups is 2. The average molecular weight is 364 g/mol. The van der Waals surface area contributed by atoms with E-state index in [9.17, 15) is 14.7 Å². The summed E-state index contributed by atoms with van der Waals surface area (Å²) >= 11 is 0. The molecular weight excluding hydrogens is 344 g/mol. The number of hydrogen-bond acceptors (Lipinski definition) is 4. The van der Waals surface area contributed by atoms with Gasteiger partial charge in [-0.05, 0) is 49.7 Å². The van der Waals surface area contributed by atoms with E-state index in [2.05, 4.69) is 4.98 Å². The molecule has 1 heterocycles. The van der Waals surface area contributed by atoms with Crippen molar-refractivity contribution in [3.8, 4) is 0 Å². The molecule has 0 saturated carbocycles. The van der Waals surface area contributed by atoms with Gasteiger partial charge in [-0.25, -0.2) is 14.5 Å². The summed E-state index contributed by atoms with van der Waals surface area (Å²) in [5.41, 5.74) is 0.165. The summed E-state index contributed by atoms with van der Waals surface area (Å²) in [6.45, 7) is 5.32. The van der Waals surface area contributed by atoms with E-state index in [1.165, 1.54) is 23.4 Å². The number of benzene rings is 2.